The molecule has 3 heteroatoms. The van der Waals surface area contributed by atoms with E-state index in [-0.39, 0.29) is 11.8 Å². The summed E-state index contributed by atoms with van der Waals surface area (Å²) in [5.41, 5.74) is 5.10. The van der Waals surface area contributed by atoms with Crippen LogP contribution in [0.3, 0.4) is 0 Å². The Labute approximate surface area is 68.3 Å². The number of nitrogens with one attached hydrogen (secondary N) is 1. The predicted octanol–water partition coefficient (Wildman–Crippen LogP) is 0.497. The molecule has 0 aromatic carbocycles. The number of nitrogens with two attached hydrogens (primary N) is 1. The smallest absolute Gasteiger partial charge is 0.220 e. The van der Waals surface area contributed by atoms with Gasteiger partial charge in [-0.05, 0) is 25.9 Å². The second-order valence-electron chi connectivity index (χ2n) is 2.43. The molecule has 0 radical (unpaired) electrons. The Kier molecular flexibility index (Phi) is 5.84. The highest BCUT2D eigenvalue weighted by Gasteiger charge is 2.17. The lowest BCUT2D eigenvalue weighted by molar-refractivity contribution is -0.122. The number of hydrogen-bond donors (Lipinski definition) is 2. The minimum absolute atomic E-state index is 0.131. The van der Waals surface area contributed by atoms with Gasteiger partial charge in [0.1, 0.15) is 0 Å². The number of primary amides is 1. The Morgan fingerprint density at radius 1 is 1.36 bits per heavy atom. The van der Waals surface area contributed by atoms with Crippen LogP contribution in [-0.2, 0) is 4.79 Å². The van der Waals surface area contributed by atoms with Gasteiger partial charge in [0.25, 0.3) is 0 Å². The number of piperidine rings is 1. The lowest BCUT2D eigenvalue weighted by Crippen LogP contribution is -2.34. The van der Waals surface area contributed by atoms with Crippen LogP contribution in [0, 0.1) is 5.92 Å². The van der Waals surface area contributed by atoms with Crippen molar-refractivity contribution in [2.45, 2.75) is 26.7 Å². The van der Waals surface area contributed by atoms with Crippen molar-refractivity contribution < 1.29 is 4.79 Å². The van der Waals surface area contributed by atoms with Gasteiger partial charge in [-0.2, -0.15) is 0 Å². The number of rotatable bonds is 1. The molecule has 3 nitrogen and oxygen atoms in total. The Balaban J connectivity index is 0.000000461. The van der Waals surface area contributed by atoms with Gasteiger partial charge in [0.2, 0.25) is 5.91 Å². The van der Waals surface area contributed by atoms with E-state index in [2.05, 4.69) is 5.32 Å². The molecule has 1 amide bonds. The molecule has 0 spiro atoms. The highest BCUT2D eigenvalue weighted by Crippen LogP contribution is 2.09. The molecule has 3 N–H and O–H groups in total. The molecule has 0 bridgehead atoms. The Bertz CT molecular complexity index is 109. The monoisotopic (exact) mass is 158 g/mol. The highest BCUT2D eigenvalue weighted by molar-refractivity contribution is 5.76. The molecule has 0 aromatic rings. The van der Waals surface area contributed by atoms with E-state index in [0.29, 0.717) is 0 Å². The van der Waals surface area contributed by atoms with E-state index in [1.807, 2.05) is 13.8 Å². The summed E-state index contributed by atoms with van der Waals surface area (Å²) < 4.78 is 0. The van der Waals surface area contributed by atoms with Crippen molar-refractivity contribution >= 4 is 5.91 Å². The molecule has 0 unspecified atom stereocenters. The van der Waals surface area contributed by atoms with E-state index < -0.39 is 0 Å². The zero-order chi connectivity index (χ0) is 8.69. The molecule has 0 saturated carbocycles. The Hall–Kier alpha value is -0.570. The molecule has 1 saturated heterocycles. The second kappa shape index (κ2) is 6.16. The van der Waals surface area contributed by atoms with Gasteiger partial charge < -0.3 is 11.1 Å². The minimum Gasteiger partial charge on any atom is -0.369 e. The molecule has 66 valence electrons. The summed E-state index contributed by atoms with van der Waals surface area (Å²) in [4.78, 5) is 10.5. The molecule has 1 aliphatic rings. The van der Waals surface area contributed by atoms with Gasteiger partial charge in [-0.25, -0.2) is 0 Å². The van der Waals surface area contributed by atoms with Crippen LogP contribution in [0.25, 0.3) is 0 Å². The quantitative estimate of drug-likeness (QED) is 0.584. The summed E-state index contributed by atoms with van der Waals surface area (Å²) in [5.74, 6) is -0.0113. The summed E-state index contributed by atoms with van der Waals surface area (Å²) in [6.07, 6.45) is 1.82. The van der Waals surface area contributed by atoms with E-state index in [4.69, 9.17) is 5.73 Å². The maximum absolute atomic E-state index is 10.5. The van der Waals surface area contributed by atoms with E-state index >= 15 is 0 Å². The molecule has 1 fully saturated rings. The van der Waals surface area contributed by atoms with Crippen LogP contribution in [0.1, 0.15) is 26.7 Å². The zero-order valence-corrected chi connectivity index (χ0v) is 7.39. The topological polar surface area (TPSA) is 55.1 Å². The summed E-state index contributed by atoms with van der Waals surface area (Å²) >= 11 is 0. The lowest BCUT2D eigenvalue weighted by Gasteiger charge is -2.18. The first-order valence-corrected chi connectivity index (χ1v) is 4.31. The van der Waals surface area contributed by atoms with Gasteiger partial charge in [0.05, 0.1) is 0 Å². The molecular weight excluding hydrogens is 140 g/mol. The van der Waals surface area contributed by atoms with E-state index in [1.54, 1.807) is 0 Å². The summed E-state index contributed by atoms with van der Waals surface area (Å²) in [5, 5.41) is 3.16. The van der Waals surface area contributed by atoms with Crippen LogP contribution in [0.15, 0.2) is 0 Å². The third kappa shape index (κ3) is 3.98. The first-order valence-electron chi connectivity index (χ1n) is 4.31. The zero-order valence-electron chi connectivity index (χ0n) is 7.39. The molecule has 1 aliphatic heterocycles. The second-order valence-corrected chi connectivity index (χ2v) is 2.43. The molecule has 0 aromatic heterocycles. The summed E-state index contributed by atoms with van der Waals surface area (Å²) in [6, 6.07) is 0. The van der Waals surface area contributed by atoms with Gasteiger partial charge >= 0.3 is 0 Å². The van der Waals surface area contributed by atoms with E-state index in [9.17, 15) is 4.79 Å². The van der Waals surface area contributed by atoms with Crippen molar-refractivity contribution in [1.82, 2.24) is 5.32 Å². The van der Waals surface area contributed by atoms with Crippen molar-refractivity contribution in [3.05, 3.63) is 0 Å². The maximum Gasteiger partial charge on any atom is 0.220 e. The van der Waals surface area contributed by atoms with Crippen LogP contribution < -0.4 is 11.1 Å². The van der Waals surface area contributed by atoms with Gasteiger partial charge in [-0.1, -0.05) is 13.8 Å². The predicted molar refractivity (Wildman–Crippen MR) is 46.1 cm³/mol. The fourth-order valence-corrected chi connectivity index (χ4v) is 1.11. The number of carbonyl (C=O) groups is 1. The van der Waals surface area contributed by atoms with Gasteiger partial charge in [-0.3, -0.25) is 4.79 Å². The first-order chi connectivity index (χ1) is 5.30. The van der Waals surface area contributed by atoms with Crippen molar-refractivity contribution in [2.75, 3.05) is 13.1 Å². The molecule has 11 heavy (non-hydrogen) atoms. The number of hydrogen-bond acceptors (Lipinski definition) is 2. The van der Waals surface area contributed by atoms with Gasteiger partial charge in [0, 0.05) is 5.92 Å². The van der Waals surface area contributed by atoms with Crippen LogP contribution in [0.2, 0.25) is 0 Å². The van der Waals surface area contributed by atoms with E-state index in [1.165, 1.54) is 0 Å². The van der Waals surface area contributed by atoms with Crippen molar-refractivity contribution in [3.8, 4) is 0 Å². The fourth-order valence-electron chi connectivity index (χ4n) is 1.11. The minimum atomic E-state index is -0.142. The summed E-state index contributed by atoms with van der Waals surface area (Å²) in [7, 11) is 0. The van der Waals surface area contributed by atoms with Gasteiger partial charge in [0.15, 0.2) is 0 Å². The van der Waals surface area contributed by atoms with Gasteiger partial charge in [-0.15, -0.1) is 0 Å². The lowest BCUT2D eigenvalue weighted by atomic mass is 9.98. The standard InChI is InChI=1S/C6H12N2O.C2H6/c7-6(9)5-1-3-8-4-2-5;1-2/h5,8H,1-4H2,(H2,7,9);1-2H3. The Morgan fingerprint density at radius 3 is 2.09 bits per heavy atom. The SMILES string of the molecule is CC.NC(=O)C1CCNCC1. The number of carbonyl (C=O) groups excluding carboxylic acids is 1. The maximum atomic E-state index is 10.5. The van der Waals surface area contributed by atoms with Crippen LogP contribution in [0.5, 0.6) is 0 Å². The Morgan fingerprint density at radius 2 is 1.82 bits per heavy atom. The molecular formula is C8H18N2O. The van der Waals surface area contributed by atoms with Crippen molar-refractivity contribution in [1.29, 1.82) is 0 Å². The van der Waals surface area contributed by atoms with E-state index in [0.717, 1.165) is 25.9 Å². The largest absolute Gasteiger partial charge is 0.369 e. The highest BCUT2D eigenvalue weighted by atomic mass is 16.1. The number of amides is 1. The molecule has 0 atom stereocenters. The third-order valence-corrected chi connectivity index (χ3v) is 1.74. The first kappa shape index (κ1) is 10.4. The average molecular weight is 158 g/mol. The summed E-state index contributed by atoms with van der Waals surface area (Å²) in [6.45, 7) is 5.88. The molecule has 0 aliphatic carbocycles. The fraction of sp³-hybridized carbons (Fsp3) is 0.875. The van der Waals surface area contributed by atoms with Crippen molar-refractivity contribution in [3.63, 3.8) is 0 Å². The normalized spacial score (nSPS) is 18.4. The molecule has 1 heterocycles. The van der Waals surface area contributed by atoms with Crippen molar-refractivity contribution in [2.24, 2.45) is 11.7 Å². The van der Waals surface area contributed by atoms with Crippen LogP contribution >= 0.6 is 0 Å². The molecule has 1 rings (SSSR count). The van der Waals surface area contributed by atoms with Crippen LogP contribution in [-0.4, -0.2) is 19.0 Å². The van der Waals surface area contributed by atoms with Crippen LogP contribution in [0.4, 0.5) is 0 Å². The average Bonchev–Trinajstić information content (AvgIpc) is 2.10. The third-order valence-electron chi connectivity index (χ3n) is 1.74.